The molecule has 0 atom stereocenters. The predicted molar refractivity (Wildman–Crippen MR) is 77.7 cm³/mol. The van der Waals surface area contributed by atoms with E-state index in [1.165, 1.54) is 10.9 Å². The number of nitrogen functional groups attached to an aromatic ring is 1. The van der Waals surface area contributed by atoms with E-state index in [0.29, 0.717) is 6.54 Å². The number of sulfonamides is 1. The highest BCUT2D eigenvalue weighted by Gasteiger charge is 2.39. The molecule has 3 rings (SSSR count). The second-order valence-electron chi connectivity index (χ2n) is 4.97. The van der Waals surface area contributed by atoms with Gasteiger partial charge in [0, 0.05) is 25.8 Å². The van der Waals surface area contributed by atoms with Crippen molar-refractivity contribution in [3.05, 3.63) is 28.6 Å². The molecule has 0 spiro atoms. The van der Waals surface area contributed by atoms with E-state index in [9.17, 15) is 8.42 Å². The van der Waals surface area contributed by atoms with Crippen molar-refractivity contribution in [3.8, 4) is 0 Å². The molecule has 108 valence electrons. The number of anilines is 1. The third-order valence-corrected chi connectivity index (χ3v) is 5.93. The van der Waals surface area contributed by atoms with Crippen LogP contribution in [0.1, 0.15) is 18.4 Å². The molecule has 20 heavy (non-hydrogen) atoms. The van der Waals surface area contributed by atoms with Crippen LogP contribution in [-0.2, 0) is 23.6 Å². The number of nitrogens with zero attached hydrogens (tertiary/aromatic N) is 3. The van der Waals surface area contributed by atoms with Crippen molar-refractivity contribution in [2.75, 3.05) is 5.73 Å². The van der Waals surface area contributed by atoms with Crippen LogP contribution in [0, 0.1) is 0 Å². The molecule has 2 N–H and O–H groups in total. The molecule has 8 heteroatoms. The van der Waals surface area contributed by atoms with Crippen LogP contribution in [0.15, 0.2) is 27.9 Å². The minimum Gasteiger partial charge on any atom is -0.381 e. The molecule has 2 aromatic rings. The Morgan fingerprint density at radius 3 is 2.80 bits per heavy atom. The lowest BCUT2D eigenvalue weighted by Crippen LogP contribution is -2.32. The van der Waals surface area contributed by atoms with E-state index in [1.54, 1.807) is 22.7 Å². The summed E-state index contributed by atoms with van der Waals surface area (Å²) in [5, 5.41) is 7.85. The van der Waals surface area contributed by atoms with Crippen LogP contribution in [0.3, 0.4) is 0 Å². The quantitative estimate of drug-likeness (QED) is 0.905. The topological polar surface area (TPSA) is 81.2 Å². The number of thiophene rings is 1. The van der Waals surface area contributed by atoms with Crippen molar-refractivity contribution < 1.29 is 8.42 Å². The number of hydrogen-bond donors (Lipinski definition) is 1. The van der Waals surface area contributed by atoms with Crippen molar-refractivity contribution in [2.24, 2.45) is 7.05 Å². The lowest BCUT2D eigenvalue weighted by atomic mass is 10.3. The maximum Gasteiger partial charge on any atom is 0.248 e. The fourth-order valence-corrected chi connectivity index (χ4v) is 4.57. The summed E-state index contributed by atoms with van der Waals surface area (Å²) < 4.78 is 28.5. The number of hydrogen-bond acceptors (Lipinski definition) is 5. The summed E-state index contributed by atoms with van der Waals surface area (Å²) in [5.41, 5.74) is 6.73. The summed E-state index contributed by atoms with van der Waals surface area (Å²) in [6.45, 7) is 0.394. The zero-order chi connectivity index (χ0) is 14.3. The summed E-state index contributed by atoms with van der Waals surface area (Å²) in [4.78, 5) is 0.0992. The average Bonchev–Trinajstić information content (AvgIpc) is 2.96. The van der Waals surface area contributed by atoms with Gasteiger partial charge in [-0.15, -0.1) is 0 Å². The highest BCUT2D eigenvalue weighted by Crippen LogP contribution is 2.34. The van der Waals surface area contributed by atoms with E-state index in [-0.39, 0.29) is 16.8 Å². The van der Waals surface area contributed by atoms with Crippen molar-refractivity contribution in [1.29, 1.82) is 0 Å². The summed E-state index contributed by atoms with van der Waals surface area (Å²) in [6.07, 6.45) is 3.28. The highest BCUT2D eigenvalue weighted by molar-refractivity contribution is 7.89. The molecule has 0 saturated heterocycles. The summed E-state index contributed by atoms with van der Waals surface area (Å²) in [6, 6.07) is 2.03. The SMILES string of the molecule is Cn1cc(S(=O)(=O)N(Cc2ccsc2)C2CC2)c(N)n1. The van der Waals surface area contributed by atoms with Gasteiger partial charge in [0.2, 0.25) is 10.0 Å². The summed E-state index contributed by atoms with van der Waals surface area (Å²) in [7, 11) is -1.93. The van der Waals surface area contributed by atoms with Gasteiger partial charge in [-0.25, -0.2) is 8.42 Å². The minimum absolute atomic E-state index is 0.0588. The molecule has 2 aromatic heterocycles. The lowest BCUT2D eigenvalue weighted by Gasteiger charge is -2.20. The van der Waals surface area contributed by atoms with E-state index in [0.717, 1.165) is 18.4 Å². The molecule has 0 aromatic carbocycles. The Bertz CT molecular complexity index is 702. The van der Waals surface area contributed by atoms with Crippen molar-refractivity contribution in [2.45, 2.75) is 30.3 Å². The van der Waals surface area contributed by atoms with Gasteiger partial charge in [-0.2, -0.15) is 20.7 Å². The molecule has 1 fully saturated rings. The maximum absolute atomic E-state index is 12.8. The highest BCUT2D eigenvalue weighted by atomic mass is 32.2. The Balaban J connectivity index is 1.96. The Labute approximate surface area is 121 Å². The molecular weight excluding hydrogens is 296 g/mol. The number of aromatic nitrogens is 2. The molecule has 2 heterocycles. The first kappa shape index (κ1) is 13.6. The van der Waals surface area contributed by atoms with Crippen LogP contribution in [0.25, 0.3) is 0 Å². The predicted octanol–water partition coefficient (Wildman–Crippen LogP) is 1.42. The van der Waals surface area contributed by atoms with Crippen LogP contribution < -0.4 is 5.73 Å². The molecule has 6 nitrogen and oxygen atoms in total. The normalized spacial score (nSPS) is 15.9. The number of rotatable bonds is 5. The molecule has 1 aliphatic rings. The zero-order valence-corrected chi connectivity index (χ0v) is 12.7. The molecular formula is C12H16N4O2S2. The van der Waals surface area contributed by atoms with Gasteiger partial charge in [0.1, 0.15) is 4.90 Å². The van der Waals surface area contributed by atoms with Crippen LogP contribution in [0.4, 0.5) is 5.82 Å². The van der Waals surface area contributed by atoms with E-state index >= 15 is 0 Å². The second-order valence-corrected chi connectivity index (χ2v) is 7.60. The molecule has 0 amide bonds. The van der Waals surface area contributed by atoms with Gasteiger partial charge in [-0.3, -0.25) is 4.68 Å². The monoisotopic (exact) mass is 312 g/mol. The van der Waals surface area contributed by atoms with Crippen molar-refractivity contribution >= 4 is 27.2 Å². The van der Waals surface area contributed by atoms with Gasteiger partial charge < -0.3 is 5.73 Å². The number of aryl methyl sites for hydroxylation is 1. The average molecular weight is 312 g/mol. The van der Waals surface area contributed by atoms with Crippen LogP contribution in [0.5, 0.6) is 0 Å². The third-order valence-electron chi connectivity index (χ3n) is 3.28. The zero-order valence-electron chi connectivity index (χ0n) is 11.1. The Hall–Kier alpha value is -1.38. The minimum atomic E-state index is -3.59. The third kappa shape index (κ3) is 2.46. The first-order chi connectivity index (χ1) is 9.48. The largest absolute Gasteiger partial charge is 0.381 e. The first-order valence-electron chi connectivity index (χ1n) is 6.30. The fraction of sp³-hybridized carbons (Fsp3) is 0.417. The van der Waals surface area contributed by atoms with E-state index < -0.39 is 10.0 Å². The smallest absolute Gasteiger partial charge is 0.248 e. The van der Waals surface area contributed by atoms with E-state index in [4.69, 9.17) is 5.73 Å². The maximum atomic E-state index is 12.8. The number of nitrogens with two attached hydrogens (primary N) is 1. The van der Waals surface area contributed by atoms with E-state index in [2.05, 4.69) is 5.10 Å². The summed E-state index contributed by atoms with van der Waals surface area (Å²) in [5.74, 6) is 0.0588. The molecule has 1 aliphatic carbocycles. The van der Waals surface area contributed by atoms with Crippen molar-refractivity contribution in [1.82, 2.24) is 14.1 Å². The molecule has 0 unspecified atom stereocenters. The fourth-order valence-electron chi connectivity index (χ4n) is 2.14. The first-order valence-corrected chi connectivity index (χ1v) is 8.69. The second kappa shape index (κ2) is 4.87. The van der Waals surface area contributed by atoms with Crippen LogP contribution >= 0.6 is 11.3 Å². The lowest BCUT2D eigenvalue weighted by molar-refractivity contribution is 0.399. The van der Waals surface area contributed by atoms with Crippen LogP contribution in [0.2, 0.25) is 0 Å². The molecule has 0 bridgehead atoms. The summed E-state index contributed by atoms with van der Waals surface area (Å²) >= 11 is 1.56. The molecule has 1 saturated carbocycles. The van der Waals surface area contributed by atoms with E-state index in [1.807, 2.05) is 16.8 Å². The van der Waals surface area contributed by atoms with Gasteiger partial charge >= 0.3 is 0 Å². The van der Waals surface area contributed by atoms with Gasteiger partial charge in [0.15, 0.2) is 5.82 Å². The van der Waals surface area contributed by atoms with Gasteiger partial charge in [-0.1, -0.05) is 0 Å². The van der Waals surface area contributed by atoms with Crippen molar-refractivity contribution in [3.63, 3.8) is 0 Å². The van der Waals surface area contributed by atoms with Gasteiger partial charge in [0.25, 0.3) is 0 Å². The Kier molecular flexibility index (Phi) is 3.31. The molecule has 0 aliphatic heterocycles. The van der Waals surface area contributed by atoms with Gasteiger partial charge in [-0.05, 0) is 35.2 Å². The Morgan fingerprint density at radius 1 is 1.55 bits per heavy atom. The standard InChI is InChI=1S/C12H16N4O2S2/c1-15-7-11(12(13)14-15)20(17,18)16(10-2-3-10)6-9-4-5-19-8-9/h4-5,7-8,10H,2-3,6H2,1H3,(H2,13,14). The Morgan fingerprint density at radius 2 is 2.30 bits per heavy atom. The van der Waals surface area contributed by atoms with Gasteiger partial charge in [0.05, 0.1) is 0 Å². The molecule has 0 radical (unpaired) electrons. The van der Waals surface area contributed by atoms with Crippen LogP contribution in [-0.4, -0.2) is 28.5 Å².